The van der Waals surface area contributed by atoms with Crippen LogP contribution >= 0.6 is 0 Å². The molecule has 4 aromatic rings. The number of aromatic nitrogens is 3. The molecule has 0 spiro atoms. The van der Waals surface area contributed by atoms with Crippen molar-refractivity contribution in [2.24, 2.45) is 0 Å². The Morgan fingerprint density at radius 1 is 1.21 bits per heavy atom. The number of oxazole rings is 1. The molecule has 0 aliphatic heterocycles. The van der Waals surface area contributed by atoms with E-state index in [0.29, 0.717) is 11.4 Å². The number of nitrogens with zero attached hydrogens (tertiary/aromatic N) is 3. The van der Waals surface area contributed by atoms with Gasteiger partial charge in [0.15, 0.2) is 6.39 Å². The summed E-state index contributed by atoms with van der Waals surface area (Å²) in [6, 6.07) is 9.72. The first-order chi connectivity index (χ1) is 16.1. The third-order valence-electron chi connectivity index (χ3n) is 4.92. The molecule has 176 valence electrons. The molecule has 0 unspecified atom stereocenters. The number of anilines is 1. The van der Waals surface area contributed by atoms with E-state index >= 15 is 0 Å². The lowest BCUT2D eigenvalue weighted by atomic mass is 10.1. The Hall–Kier alpha value is -4.15. The van der Waals surface area contributed by atoms with Gasteiger partial charge in [-0.3, -0.25) is 4.79 Å². The Bertz CT molecular complexity index is 1310. The second kappa shape index (κ2) is 9.00. The van der Waals surface area contributed by atoms with E-state index in [2.05, 4.69) is 20.1 Å². The molecular weight excluding hydrogens is 456 g/mol. The van der Waals surface area contributed by atoms with Crippen molar-refractivity contribution in [3.05, 3.63) is 78.1 Å². The molecule has 34 heavy (non-hydrogen) atoms. The van der Waals surface area contributed by atoms with Crippen LogP contribution < -0.4 is 10.1 Å². The van der Waals surface area contributed by atoms with Crippen molar-refractivity contribution in [3.63, 3.8) is 0 Å². The fourth-order valence-corrected chi connectivity index (χ4v) is 3.29. The number of hydrogen-bond acceptors (Lipinski definition) is 5. The Kier molecular flexibility index (Phi) is 6.10. The zero-order chi connectivity index (χ0) is 24.5. The minimum Gasteiger partial charge on any atom is -0.451 e. The predicted molar refractivity (Wildman–Crippen MR) is 114 cm³/mol. The smallest absolute Gasteiger partial charge is 0.387 e. The highest BCUT2D eigenvalue weighted by molar-refractivity contribution is 6.05. The summed E-state index contributed by atoms with van der Waals surface area (Å²) in [6.07, 6.45) is 3.87. The van der Waals surface area contributed by atoms with Crippen LogP contribution in [0.1, 0.15) is 28.5 Å². The molecule has 0 saturated carbocycles. The maximum atomic E-state index is 13.6. The average Bonchev–Trinajstić information content (AvgIpc) is 3.43. The molecule has 0 fully saturated rings. The Balaban J connectivity index is 1.63. The molecule has 0 radical (unpaired) electrons. The van der Waals surface area contributed by atoms with Gasteiger partial charge in [0, 0.05) is 29.9 Å². The van der Waals surface area contributed by atoms with Gasteiger partial charge in [-0.2, -0.15) is 13.9 Å². The SMILES string of the molecule is Cc1nn(-c2ccc(OC(F)F)c(-c3cocn3)c2)cc1C(=O)Nc1cccc(C(C)(F)F)c1. The third-order valence-corrected chi connectivity index (χ3v) is 4.92. The minimum atomic E-state index is -3.05. The Morgan fingerprint density at radius 3 is 2.68 bits per heavy atom. The maximum Gasteiger partial charge on any atom is 0.387 e. The van der Waals surface area contributed by atoms with E-state index in [4.69, 9.17) is 4.42 Å². The van der Waals surface area contributed by atoms with Gasteiger partial charge in [0.2, 0.25) is 0 Å². The molecule has 0 saturated heterocycles. The maximum absolute atomic E-state index is 13.6. The van der Waals surface area contributed by atoms with Crippen LogP contribution in [0.3, 0.4) is 0 Å². The number of aryl methyl sites for hydroxylation is 1. The number of amides is 1. The van der Waals surface area contributed by atoms with Gasteiger partial charge in [-0.25, -0.2) is 18.4 Å². The van der Waals surface area contributed by atoms with Crippen LogP contribution in [0.2, 0.25) is 0 Å². The van der Waals surface area contributed by atoms with Crippen LogP contribution in [0.15, 0.2) is 65.7 Å². The Labute approximate surface area is 191 Å². The van der Waals surface area contributed by atoms with Gasteiger partial charge in [0.1, 0.15) is 17.7 Å². The number of benzene rings is 2. The lowest BCUT2D eigenvalue weighted by Gasteiger charge is -2.12. The van der Waals surface area contributed by atoms with E-state index in [-0.39, 0.29) is 33.8 Å². The zero-order valence-corrected chi connectivity index (χ0v) is 17.9. The van der Waals surface area contributed by atoms with Gasteiger partial charge in [-0.05, 0) is 37.3 Å². The molecule has 2 heterocycles. The van der Waals surface area contributed by atoms with E-state index in [9.17, 15) is 22.4 Å². The molecule has 1 amide bonds. The monoisotopic (exact) mass is 474 g/mol. The quantitative estimate of drug-likeness (QED) is 0.342. The molecule has 1 N–H and O–H groups in total. The predicted octanol–water partition coefficient (Wildman–Crippen LogP) is 5.80. The summed E-state index contributed by atoms with van der Waals surface area (Å²) < 4.78 is 63.7. The third kappa shape index (κ3) is 4.92. The Morgan fingerprint density at radius 2 is 2.00 bits per heavy atom. The summed E-state index contributed by atoms with van der Waals surface area (Å²) in [5.41, 5.74) is 1.49. The molecule has 0 atom stereocenters. The number of rotatable bonds is 7. The van der Waals surface area contributed by atoms with E-state index in [1.165, 1.54) is 59.6 Å². The van der Waals surface area contributed by atoms with Gasteiger partial charge >= 0.3 is 6.61 Å². The van der Waals surface area contributed by atoms with Gasteiger partial charge in [-0.1, -0.05) is 12.1 Å². The molecule has 2 aromatic carbocycles. The molecule has 4 rings (SSSR count). The van der Waals surface area contributed by atoms with Crippen LogP contribution in [0.5, 0.6) is 5.75 Å². The first-order valence-corrected chi connectivity index (χ1v) is 9.95. The average molecular weight is 474 g/mol. The summed E-state index contributed by atoms with van der Waals surface area (Å²) in [6.45, 7) is -0.660. The van der Waals surface area contributed by atoms with E-state index in [1.807, 2.05) is 0 Å². The summed E-state index contributed by atoms with van der Waals surface area (Å²) in [7, 11) is 0. The van der Waals surface area contributed by atoms with Gasteiger partial charge < -0.3 is 14.5 Å². The van der Waals surface area contributed by atoms with Crippen molar-refractivity contribution in [2.75, 3.05) is 5.32 Å². The van der Waals surface area contributed by atoms with E-state index in [0.717, 1.165) is 13.3 Å². The van der Waals surface area contributed by atoms with E-state index < -0.39 is 18.4 Å². The standard InChI is InChI=1S/C23H18F4N4O3/c1-13-18(21(32)29-15-5-3-4-14(8-15)23(2,26)27)10-31(30-13)16-6-7-20(34-22(24)25)17(9-16)19-11-33-12-28-19/h3-12,22H,1-2H3,(H,29,32). The number of halogens is 4. The largest absolute Gasteiger partial charge is 0.451 e. The number of nitrogens with one attached hydrogen (secondary N) is 1. The van der Waals surface area contributed by atoms with Crippen molar-refractivity contribution < 1.29 is 31.5 Å². The summed E-state index contributed by atoms with van der Waals surface area (Å²) in [5, 5.41) is 6.91. The summed E-state index contributed by atoms with van der Waals surface area (Å²) in [5.74, 6) is -3.71. The number of ether oxygens (including phenoxy) is 1. The topological polar surface area (TPSA) is 82.2 Å². The number of alkyl halides is 4. The number of carbonyl (C=O) groups is 1. The van der Waals surface area contributed by atoms with Crippen molar-refractivity contribution in [1.29, 1.82) is 0 Å². The highest BCUT2D eigenvalue weighted by atomic mass is 19.3. The molecule has 0 bridgehead atoms. The fourth-order valence-electron chi connectivity index (χ4n) is 3.29. The van der Waals surface area contributed by atoms with E-state index in [1.54, 1.807) is 6.92 Å². The summed E-state index contributed by atoms with van der Waals surface area (Å²) in [4.78, 5) is 16.8. The van der Waals surface area contributed by atoms with Gasteiger partial charge in [0.05, 0.1) is 16.9 Å². The molecule has 7 nitrogen and oxygen atoms in total. The second-order valence-corrected chi connectivity index (χ2v) is 7.43. The van der Waals surface area contributed by atoms with Crippen LogP contribution in [-0.2, 0) is 5.92 Å². The highest BCUT2D eigenvalue weighted by Crippen LogP contribution is 2.33. The molecule has 11 heteroatoms. The fraction of sp³-hybridized carbons (Fsp3) is 0.174. The van der Waals surface area contributed by atoms with Gasteiger partial charge in [-0.15, -0.1) is 0 Å². The molecular formula is C23H18F4N4O3. The first kappa shape index (κ1) is 23.0. The van der Waals surface area contributed by atoms with Crippen LogP contribution in [-0.4, -0.2) is 27.3 Å². The van der Waals surface area contributed by atoms with Crippen molar-refractivity contribution in [2.45, 2.75) is 26.4 Å². The van der Waals surface area contributed by atoms with Crippen LogP contribution in [0.25, 0.3) is 16.9 Å². The minimum absolute atomic E-state index is 0.109. The first-order valence-electron chi connectivity index (χ1n) is 9.95. The van der Waals surface area contributed by atoms with Crippen molar-refractivity contribution in [3.8, 4) is 22.7 Å². The van der Waals surface area contributed by atoms with Crippen molar-refractivity contribution >= 4 is 11.6 Å². The van der Waals surface area contributed by atoms with Crippen LogP contribution in [0.4, 0.5) is 23.2 Å². The lowest BCUT2D eigenvalue weighted by molar-refractivity contribution is -0.0494. The molecule has 2 aromatic heterocycles. The number of hydrogen-bond donors (Lipinski definition) is 1. The zero-order valence-electron chi connectivity index (χ0n) is 17.9. The second-order valence-electron chi connectivity index (χ2n) is 7.43. The van der Waals surface area contributed by atoms with Crippen molar-refractivity contribution in [1.82, 2.24) is 14.8 Å². The van der Waals surface area contributed by atoms with Gasteiger partial charge in [0.25, 0.3) is 11.8 Å². The summed E-state index contributed by atoms with van der Waals surface area (Å²) >= 11 is 0. The normalized spacial score (nSPS) is 11.6. The lowest BCUT2D eigenvalue weighted by Crippen LogP contribution is -2.14. The molecule has 0 aliphatic rings. The van der Waals surface area contributed by atoms with Crippen LogP contribution in [0, 0.1) is 6.92 Å². The highest BCUT2D eigenvalue weighted by Gasteiger charge is 2.25. The molecule has 0 aliphatic carbocycles. The number of carbonyl (C=O) groups excluding carboxylic acids is 1.